The standard InChI is InChI=1S/C14H18N2O4/c1-14(2,3)15-6-10(18)8-4-5-9(17)12-13(8)20-7-11(19)16-12/h4-5,15,17H,6-7H2,1-3H3,(H,16,19). The number of ketones is 1. The number of carbonyl (C=O) groups excluding carboxylic acids is 2. The Hall–Kier alpha value is -2.08. The first-order chi connectivity index (χ1) is 9.28. The fourth-order valence-electron chi connectivity index (χ4n) is 1.82. The molecule has 0 aliphatic carbocycles. The molecule has 0 bridgehead atoms. The third kappa shape index (κ3) is 3.08. The Kier molecular flexibility index (Phi) is 3.67. The molecule has 0 saturated heterocycles. The van der Waals surface area contributed by atoms with Gasteiger partial charge in [-0.25, -0.2) is 0 Å². The summed E-state index contributed by atoms with van der Waals surface area (Å²) in [6.07, 6.45) is 0. The molecule has 0 aromatic heterocycles. The molecular formula is C14H18N2O4. The van der Waals surface area contributed by atoms with Crippen LogP contribution in [-0.4, -0.2) is 35.5 Å². The molecule has 0 radical (unpaired) electrons. The average molecular weight is 278 g/mol. The van der Waals surface area contributed by atoms with Crippen LogP contribution in [0.4, 0.5) is 5.69 Å². The number of anilines is 1. The lowest BCUT2D eigenvalue weighted by atomic mass is 10.0. The molecule has 0 fully saturated rings. The Morgan fingerprint density at radius 1 is 1.45 bits per heavy atom. The summed E-state index contributed by atoms with van der Waals surface area (Å²) >= 11 is 0. The molecular weight excluding hydrogens is 260 g/mol. The van der Waals surface area contributed by atoms with Crippen LogP contribution in [0.25, 0.3) is 0 Å². The lowest BCUT2D eigenvalue weighted by Gasteiger charge is -2.23. The number of nitrogens with one attached hydrogen (secondary N) is 2. The third-order valence-electron chi connectivity index (χ3n) is 2.83. The van der Waals surface area contributed by atoms with Crippen molar-refractivity contribution in [1.82, 2.24) is 5.32 Å². The van der Waals surface area contributed by atoms with E-state index in [4.69, 9.17) is 4.74 Å². The van der Waals surface area contributed by atoms with Crippen molar-refractivity contribution in [2.24, 2.45) is 0 Å². The monoisotopic (exact) mass is 278 g/mol. The van der Waals surface area contributed by atoms with Crippen LogP contribution >= 0.6 is 0 Å². The van der Waals surface area contributed by atoms with Crippen molar-refractivity contribution in [2.75, 3.05) is 18.5 Å². The number of hydrogen-bond donors (Lipinski definition) is 3. The molecule has 1 aromatic carbocycles. The van der Waals surface area contributed by atoms with Gasteiger partial charge in [0.05, 0.1) is 12.1 Å². The van der Waals surface area contributed by atoms with Crippen LogP contribution in [0.3, 0.4) is 0 Å². The molecule has 1 aliphatic rings. The minimum atomic E-state index is -0.356. The van der Waals surface area contributed by atoms with Gasteiger partial charge >= 0.3 is 0 Å². The van der Waals surface area contributed by atoms with Crippen molar-refractivity contribution in [2.45, 2.75) is 26.3 Å². The number of benzene rings is 1. The van der Waals surface area contributed by atoms with Crippen LogP contribution in [0.2, 0.25) is 0 Å². The van der Waals surface area contributed by atoms with Crippen LogP contribution < -0.4 is 15.4 Å². The normalized spacial score (nSPS) is 14.2. The molecule has 3 N–H and O–H groups in total. The van der Waals surface area contributed by atoms with Crippen LogP contribution in [0.15, 0.2) is 12.1 Å². The van der Waals surface area contributed by atoms with Gasteiger partial charge in [-0.05, 0) is 32.9 Å². The predicted molar refractivity (Wildman–Crippen MR) is 74.3 cm³/mol. The predicted octanol–water partition coefficient (Wildman–Crippen LogP) is 1.29. The SMILES string of the molecule is CC(C)(C)NCC(=O)c1ccc(O)c2c1OCC(=O)N2. The van der Waals surface area contributed by atoms with E-state index in [1.165, 1.54) is 12.1 Å². The van der Waals surface area contributed by atoms with Crippen molar-refractivity contribution in [3.8, 4) is 11.5 Å². The maximum absolute atomic E-state index is 12.2. The summed E-state index contributed by atoms with van der Waals surface area (Å²) in [5, 5.41) is 15.3. The highest BCUT2D eigenvalue weighted by molar-refractivity contribution is 6.06. The van der Waals surface area contributed by atoms with Crippen LogP contribution in [-0.2, 0) is 4.79 Å². The molecule has 0 atom stereocenters. The van der Waals surface area contributed by atoms with Crippen molar-refractivity contribution < 1.29 is 19.4 Å². The van der Waals surface area contributed by atoms with E-state index in [2.05, 4.69) is 10.6 Å². The molecule has 1 amide bonds. The molecule has 108 valence electrons. The van der Waals surface area contributed by atoms with Crippen molar-refractivity contribution in [3.05, 3.63) is 17.7 Å². The molecule has 6 heteroatoms. The third-order valence-corrected chi connectivity index (χ3v) is 2.83. The maximum atomic E-state index is 12.2. The van der Waals surface area contributed by atoms with Gasteiger partial charge in [-0.2, -0.15) is 0 Å². The number of fused-ring (bicyclic) bond motifs is 1. The number of ether oxygens (including phenoxy) is 1. The lowest BCUT2D eigenvalue weighted by molar-refractivity contribution is -0.118. The van der Waals surface area contributed by atoms with Gasteiger partial charge in [-0.1, -0.05) is 0 Å². The van der Waals surface area contributed by atoms with Gasteiger partial charge in [0.15, 0.2) is 18.1 Å². The minimum Gasteiger partial charge on any atom is -0.506 e. The van der Waals surface area contributed by atoms with Crippen LogP contribution in [0, 0.1) is 0 Å². The summed E-state index contributed by atoms with van der Waals surface area (Å²) in [5.74, 6) is -0.406. The van der Waals surface area contributed by atoms with E-state index < -0.39 is 0 Å². The number of Topliss-reactive ketones (excluding diaryl/α,β-unsaturated/α-hetero) is 1. The van der Waals surface area contributed by atoms with Crippen molar-refractivity contribution in [3.63, 3.8) is 0 Å². The van der Waals surface area contributed by atoms with Gasteiger partial charge in [0.2, 0.25) is 0 Å². The van der Waals surface area contributed by atoms with Crippen molar-refractivity contribution in [1.29, 1.82) is 0 Å². The molecule has 6 nitrogen and oxygen atoms in total. The quantitative estimate of drug-likeness (QED) is 0.573. The Labute approximate surface area is 117 Å². The number of carbonyl (C=O) groups is 2. The molecule has 0 spiro atoms. The number of aromatic hydroxyl groups is 1. The zero-order valence-corrected chi connectivity index (χ0v) is 11.7. The second kappa shape index (κ2) is 5.13. The Bertz CT molecular complexity index is 561. The molecule has 0 unspecified atom stereocenters. The average Bonchev–Trinajstić information content (AvgIpc) is 2.36. The van der Waals surface area contributed by atoms with Crippen LogP contribution in [0.5, 0.6) is 11.5 Å². The number of phenolic OH excluding ortho intramolecular Hbond substituents is 1. The van der Waals surface area contributed by atoms with E-state index in [0.717, 1.165) is 0 Å². The fraction of sp³-hybridized carbons (Fsp3) is 0.429. The number of rotatable bonds is 3. The zero-order chi connectivity index (χ0) is 14.9. The van der Waals surface area contributed by atoms with E-state index in [-0.39, 0.29) is 47.6 Å². The Balaban J connectivity index is 2.27. The highest BCUT2D eigenvalue weighted by Gasteiger charge is 2.25. The highest BCUT2D eigenvalue weighted by Crippen LogP contribution is 2.39. The molecule has 1 aliphatic heterocycles. The van der Waals surface area contributed by atoms with Gasteiger partial charge in [-0.3, -0.25) is 9.59 Å². The van der Waals surface area contributed by atoms with Gasteiger partial charge in [-0.15, -0.1) is 0 Å². The number of hydrogen-bond acceptors (Lipinski definition) is 5. The van der Waals surface area contributed by atoms with E-state index in [1.54, 1.807) is 0 Å². The van der Waals surface area contributed by atoms with Crippen LogP contribution in [0.1, 0.15) is 31.1 Å². The minimum absolute atomic E-state index is 0.117. The molecule has 1 aromatic rings. The highest BCUT2D eigenvalue weighted by atomic mass is 16.5. The second-order valence-corrected chi connectivity index (χ2v) is 5.70. The summed E-state index contributed by atoms with van der Waals surface area (Å²) in [5.41, 5.74) is 0.319. The zero-order valence-electron chi connectivity index (χ0n) is 11.7. The molecule has 2 rings (SSSR count). The smallest absolute Gasteiger partial charge is 0.262 e. The lowest BCUT2D eigenvalue weighted by Crippen LogP contribution is -2.39. The number of amides is 1. The first kappa shape index (κ1) is 14.3. The summed E-state index contributed by atoms with van der Waals surface area (Å²) in [7, 11) is 0. The van der Waals surface area contributed by atoms with Gasteiger partial charge < -0.3 is 20.5 Å². The topological polar surface area (TPSA) is 87.7 Å². The van der Waals surface area contributed by atoms with E-state index in [9.17, 15) is 14.7 Å². The van der Waals surface area contributed by atoms with E-state index in [0.29, 0.717) is 5.56 Å². The molecule has 20 heavy (non-hydrogen) atoms. The fourth-order valence-corrected chi connectivity index (χ4v) is 1.82. The summed E-state index contributed by atoms with van der Waals surface area (Å²) in [4.78, 5) is 23.5. The van der Waals surface area contributed by atoms with Crippen molar-refractivity contribution >= 4 is 17.4 Å². The van der Waals surface area contributed by atoms with Gasteiger partial charge in [0.1, 0.15) is 11.4 Å². The first-order valence-corrected chi connectivity index (χ1v) is 6.35. The number of phenols is 1. The maximum Gasteiger partial charge on any atom is 0.262 e. The van der Waals surface area contributed by atoms with Gasteiger partial charge in [0, 0.05) is 5.54 Å². The molecule has 1 heterocycles. The van der Waals surface area contributed by atoms with E-state index >= 15 is 0 Å². The second-order valence-electron chi connectivity index (χ2n) is 5.70. The van der Waals surface area contributed by atoms with E-state index in [1.807, 2.05) is 20.8 Å². The Morgan fingerprint density at radius 2 is 2.15 bits per heavy atom. The molecule has 0 saturated carbocycles. The summed E-state index contributed by atoms with van der Waals surface area (Å²) in [6, 6.07) is 2.87. The summed E-state index contributed by atoms with van der Waals surface area (Å²) in [6.45, 7) is 5.87. The van der Waals surface area contributed by atoms with Gasteiger partial charge in [0.25, 0.3) is 5.91 Å². The largest absolute Gasteiger partial charge is 0.506 e. The summed E-state index contributed by atoms with van der Waals surface area (Å²) < 4.78 is 5.28. The first-order valence-electron chi connectivity index (χ1n) is 6.35. The Morgan fingerprint density at radius 3 is 2.80 bits per heavy atom.